The van der Waals surface area contributed by atoms with E-state index in [-0.39, 0.29) is 5.60 Å². The van der Waals surface area contributed by atoms with E-state index in [2.05, 4.69) is 26.1 Å². The molecular weight excluding hydrogens is 198 g/mol. The molecule has 16 heavy (non-hydrogen) atoms. The van der Waals surface area contributed by atoms with Gasteiger partial charge >= 0.3 is 0 Å². The second-order valence-corrected chi connectivity index (χ2v) is 5.36. The monoisotopic (exact) mass is 227 g/mol. The molecule has 0 aromatic heterocycles. The fourth-order valence-corrected chi connectivity index (χ4v) is 2.41. The van der Waals surface area contributed by atoms with Gasteiger partial charge in [0.05, 0.1) is 5.60 Å². The molecule has 2 atom stereocenters. The van der Waals surface area contributed by atoms with E-state index in [4.69, 9.17) is 4.74 Å². The average molecular weight is 227 g/mol. The van der Waals surface area contributed by atoms with Crippen LogP contribution in [0.25, 0.3) is 0 Å². The highest BCUT2D eigenvalue weighted by Gasteiger charge is 2.30. The van der Waals surface area contributed by atoms with Crippen molar-refractivity contribution in [2.24, 2.45) is 0 Å². The van der Waals surface area contributed by atoms with E-state index in [9.17, 15) is 0 Å². The Morgan fingerprint density at radius 2 is 2.06 bits per heavy atom. The molecule has 0 aromatic carbocycles. The molecule has 0 spiro atoms. The van der Waals surface area contributed by atoms with Crippen molar-refractivity contribution in [3.63, 3.8) is 0 Å². The standard InChI is InChI=1S/C14H29NO/c1-4-6-7-8-10-15-13-9-11-16-14(3,5-2)12-13/h13,15H,4-12H2,1-3H3. The van der Waals surface area contributed by atoms with Gasteiger partial charge in [0.25, 0.3) is 0 Å². The number of hydrogen-bond acceptors (Lipinski definition) is 2. The third-order valence-electron chi connectivity index (χ3n) is 3.81. The molecule has 1 saturated heterocycles. The van der Waals surface area contributed by atoms with Gasteiger partial charge < -0.3 is 10.1 Å². The first-order valence-electron chi connectivity index (χ1n) is 7.07. The van der Waals surface area contributed by atoms with Gasteiger partial charge in [0.15, 0.2) is 0 Å². The van der Waals surface area contributed by atoms with Crippen molar-refractivity contribution in [1.82, 2.24) is 5.32 Å². The summed E-state index contributed by atoms with van der Waals surface area (Å²) in [7, 11) is 0. The van der Waals surface area contributed by atoms with Crippen LogP contribution in [0, 0.1) is 0 Å². The van der Waals surface area contributed by atoms with Gasteiger partial charge in [0.1, 0.15) is 0 Å². The number of ether oxygens (including phenoxy) is 1. The highest BCUT2D eigenvalue weighted by molar-refractivity contribution is 4.85. The Balaban J connectivity index is 2.12. The van der Waals surface area contributed by atoms with E-state index in [0.29, 0.717) is 6.04 Å². The van der Waals surface area contributed by atoms with Crippen LogP contribution >= 0.6 is 0 Å². The molecule has 0 radical (unpaired) electrons. The number of nitrogens with one attached hydrogen (secondary N) is 1. The number of hydrogen-bond donors (Lipinski definition) is 1. The largest absolute Gasteiger partial charge is 0.375 e. The lowest BCUT2D eigenvalue weighted by Crippen LogP contribution is -2.45. The first kappa shape index (κ1) is 14.0. The third kappa shape index (κ3) is 4.84. The Labute approximate surface area is 101 Å². The van der Waals surface area contributed by atoms with Crippen LogP contribution in [0.15, 0.2) is 0 Å². The van der Waals surface area contributed by atoms with Crippen LogP contribution in [0.2, 0.25) is 0 Å². The average Bonchev–Trinajstić information content (AvgIpc) is 2.29. The Hall–Kier alpha value is -0.0800. The molecule has 1 N–H and O–H groups in total. The zero-order valence-corrected chi connectivity index (χ0v) is 11.3. The van der Waals surface area contributed by atoms with Crippen LogP contribution in [0.3, 0.4) is 0 Å². The minimum absolute atomic E-state index is 0.124. The van der Waals surface area contributed by atoms with Crippen molar-refractivity contribution in [2.45, 2.75) is 77.4 Å². The first-order chi connectivity index (χ1) is 7.70. The zero-order valence-electron chi connectivity index (χ0n) is 11.3. The summed E-state index contributed by atoms with van der Waals surface area (Å²) in [5, 5.41) is 3.69. The number of unbranched alkanes of at least 4 members (excludes halogenated alkanes) is 3. The summed E-state index contributed by atoms with van der Waals surface area (Å²) in [5.74, 6) is 0. The van der Waals surface area contributed by atoms with E-state index in [1.807, 2.05) is 0 Å². The lowest BCUT2D eigenvalue weighted by molar-refractivity contribution is -0.0778. The van der Waals surface area contributed by atoms with Gasteiger partial charge in [-0.15, -0.1) is 0 Å². The van der Waals surface area contributed by atoms with Crippen LogP contribution in [0.4, 0.5) is 0 Å². The smallest absolute Gasteiger partial charge is 0.0666 e. The second-order valence-electron chi connectivity index (χ2n) is 5.36. The minimum Gasteiger partial charge on any atom is -0.375 e. The Morgan fingerprint density at radius 1 is 1.25 bits per heavy atom. The molecular formula is C14H29NO. The maximum absolute atomic E-state index is 5.85. The maximum Gasteiger partial charge on any atom is 0.0666 e. The third-order valence-corrected chi connectivity index (χ3v) is 3.81. The predicted octanol–water partition coefficient (Wildman–Crippen LogP) is 3.50. The van der Waals surface area contributed by atoms with Gasteiger partial charge in [-0.1, -0.05) is 33.1 Å². The summed E-state index contributed by atoms with van der Waals surface area (Å²) in [4.78, 5) is 0. The molecule has 1 aliphatic heterocycles. The van der Waals surface area contributed by atoms with Gasteiger partial charge in [-0.3, -0.25) is 0 Å². The molecule has 0 amide bonds. The first-order valence-corrected chi connectivity index (χ1v) is 7.07. The van der Waals surface area contributed by atoms with Crippen LogP contribution in [0.1, 0.15) is 65.7 Å². The van der Waals surface area contributed by atoms with Gasteiger partial charge in [0, 0.05) is 12.6 Å². The van der Waals surface area contributed by atoms with Crippen molar-refractivity contribution in [2.75, 3.05) is 13.2 Å². The quantitative estimate of drug-likeness (QED) is 0.672. The summed E-state index contributed by atoms with van der Waals surface area (Å²) in [6.07, 6.45) is 8.89. The molecule has 1 aliphatic rings. The summed E-state index contributed by atoms with van der Waals surface area (Å²) in [6, 6.07) is 0.681. The summed E-state index contributed by atoms with van der Waals surface area (Å²) in [5.41, 5.74) is 0.124. The van der Waals surface area contributed by atoms with Crippen molar-refractivity contribution in [3.8, 4) is 0 Å². The van der Waals surface area contributed by atoms with Gasteiger partial charge in [0.2, 0.25) is 0 Å². The van der Waals surface area contributed by atoms with Gasteiger partial charge in [-0.25, -0.2) is 0 Å². The normalized spacial score (nSPS) is 30.6. The van der Waals surface area contributed by atoms with Crippen molar-refractivity contribution >= 4 is 0 Å². The second kappa shape index (κ2) is 7.29. The van der Waals surface area contributed by atoms with E-state index in [0.717, 1.165) is 13.0 Å². The minimum atomic E-state index is 0.124. The Bertz CT molecular complexity index is 184. The number of rotatable bonds is 7. The molecule has 0 saturated carbocycles. The van der Waals surface area contributed by atoms with Gasteiger partial charge in [-0.2, -0.15) is 0 Å². The van der Waals surface area contributed by atoms with Crippen molar-refractivity contribution < 1.29 is 4.74 Å². The lowest BCUT2D eigenvalue weighted by atomic mass is 9.90. The van der Waals surface area contributed by atoms with Crippen LogP contribution in [-0.2, 0) is 4.74 Å². The molecule has 1 fully saturated rings. The van der Waals surface area contributed by atoms with Crippen LogP contribution < -0.4 is 5.32 Å². The van der Waals surface area contributed by atoms with E-state index in [1.165, 1.54) is 45.1 Å². The lowest BCUT2D eigenvalue weighted by Gasteiger charge is -2.38. The zero-order chi connectivity index (χ0) is 11.9. The fourth-order valence-electron chi connectivity index (χ4n) is 2.41. The fraction of sp³-hybridized carbons (Fsp3) is 1.00. The van der Waals surface area contributed by atoms with Crippen molar-refractivity contribution in [1.29, 1.82) is 0 Å². The molecule has 0 aliphatic carbocycles. The highest BCUT2D eigenvalue weighted by Crippen LogP contribution is 2.27. The highest BCUT2D eigenvalue weighted by atomic mass is 16.5. The molecule has 1 heterocycles. The Kier molecular flexibility index (Phi) is 6.37. The SMILES string of the molecule is CCCCCCNC1CCOC(C)(CC)C1. The molecule has 2 unspecified atom stereocenters. The predicted molar refractivity (Wildman–Crippen MR) is 69.8 cm³/mol. The summed E-state index contributed by atoms with van der Waals surface area (Å²) < 4.78 is 5.85. The van der Waals surface area contributed by atoms with Crippen LogP contribution in [-0.4, -0.2) is 24.8 Å². The van der Waals surface area contributed by atoms with E-state index < -0.39 is 0 Å². The molecule has 0 aromatic rings. The van der Waals surface area contributed by atoms with Crippen LogP contribution in [0.5, 0.6) is 0 Å². The molecule has 2 nitrogen and oxygen atoms in total. The topological polar surface area (TPSA) is 21.3 Å². The molecule has 1 rings (SSSR count). The maximum atomic E-state index is 5.85. The van der Waals surface area contributed by atoms with Crippen molar-refractivity contribution in [3.05, 3.63) is 0 Å². The molecule has 2 heteroatoms. The summed E-state index contributed by atoms with van der Waals surface area (Å²) in [6.45, 7) is 8.85. The summed E-state index contributed by atoms with van der Waals surface area (Å²) >= 11 is 0. The van der Waals surface area contributed by atoms with E-state index >= 15 is 0 Å². The Morgan fingerprint density at radius 3 is 2.75 bits per heavy atom. The molecule has 0 bridgehead atoms. The van der Waals surface area contributed by atoms with Gasteiger partial charge in [-0.05, 0) is 39.2 Å². The van der Waals surface area contributed by atoms with E-state index in [1.54, 1.807) is 0 Å². The molecule has 96 valence electrons.